The van der Waals surface area contributed by atoms with E-state index in [0.717, 1.165) is 12.2 Å². The van der Waals surface area contributed by atoms with Gasteiger partial charge in [0.25, 0.3) is 0 Å². The molecule has 0 saturated carbocycles. The summed E-state index contributed by atoms with van der Waals surface area (Å²) >= 11 is 0. The van der Waals surface area contributed by atoms with Crippen LogP contribution in [-0.4, -0.2) is 58.9 Å². The monoisotopic (exact) mass is 536 g/mol. The number of hydrogen-bond donors (Lipinski definition) is 4. The summed E-state index contributed by atoms with van der Waals surface area (Å²) in [5, 5.41) is 15.3. The Morgan fingerprint density at radius 1 is 1.18 bits per heavy atom. The molecule has 40 heavy (non-hydrogen) atoms. The Hall–Kier alpha value is -5.25. The molecular formula is C30H32N8O2. The van der Waals surface area contributed by atoms with Crippen molar-refractivity contribution in [3.05, 3.63) is 109 Å². The molecule has 1 saturated heterocycles. The van der Waals surface area contributed by atoms with Crippen molar-refractivity contribution >= 4 is 30.0 Å². The maximum absolute atomic E-state index is 12.7. The molecule has 1 unspecified atom stereocenters. The Labute approximate surface area is 233 Å². The molecule has 204 valence electrons. The van der Waals surface area contributed by atoms with Gasteiger partial charge in [0.2, 0.25) is 5.91 Å². The van der Waals surface area contributed by atoms with E-state index >= 15 is 0 Å². The average molecular weight is 537 g/mol. The van der Waals surface area contributed by atoms with E-state index in [1.165, 1.54) is 6.33 Å². The van der Waals surface area contributed by atoms with Gasteiger partial charge in [-0.05, 0) is 55.6 Å². The number of carbonyl (C=O) groups is 1. The molecule has 1 atom stereocenters. The number of aliphatic imine (C=N–C) groups is 1. The Balaban J connectivity index is 1.38. The molecule has 2 heterocycles. The van der Waals surface area contributed by atoms with Gasteiger partial charge in [-0.25, -0.2) is 15.0 Å². The van der Waals surface area contributed by atoms with Crippen LogP contribution in [0.3, 0.4) is 0 Å². The second-order valence-corrected chi connectivity index (χ2v) is 8.94. The van der Waals surface area contributed by atoms with Crippen molar-refractivity contribution in [2.24, 2.45) is 4.99 Å². The smallest absolute Gasteiger partial charge is 0.246 e. The van der Waals surface area contributed by atoms with Gasteiger partial charge in [0.05, 0.1) is 11.3 Å². The van der Waals surface area contributed by atoms with E-state index in [1.54, 1.807) is 53.5 Å². The number of nitrogens with one attached hydrogen (secondary N) is 3. The predicted molar refractivity (Wildman–Crippen MR) is 159 cm³/mol. The van der Waals surface area contributed by atoms with Crippen LogP contribution in [-0.2, 0) is 4.79 Å². The lowest BCUT2D eigenvalue weighted by atomic mass is 10.0. The first-order chi connectivity index (χ1) is 19.5. The van der Waals surface area contributed by atoms with E-state index in [-0.39, 0.29) is 23.5 Å². The first-order valence-electron chi connectivity index (χ1n) is 12.8. The van der Waals surface area contributed by atoms with Crippen LogP contribution in [0.4, 0.5) is 11.6 Å². The third-order valence-corrected chi connectivity index (χ3v) is 6.20. The zero-order chi connectivity index (χ0) is 28.3. The van der Waals surface area contributed by atoms with E-state index in [0.29, 0.717) is 48.1 Å². The number of rotatable bonds is 12. The van der Waals surface area contributed by atoms with E-state index < -0.39 is 0 Å². The van der Waals surface area contributed by atoms with E-state index in [2.05, 4.69) is 38.9 Å². The maximum Gasteiger partial charge on any atom is 0.246 e. The summed E-state index contributed by atoms with van der Waals surface area (Å²) in [4.78, 5) is 26.8. The molecule has 0 spiro atoms. The number of nitrogen functional groups attached to an aromatic ring is 1. The van der Waals surface area contributed by atoms with Gasteiger partial charge in [-0.15, -0.1) is 0 Å². The molecule has 0 bridgehead atoms. The van der Waals surface area contributed by atoms with Crippen LogP contribution < -0.4 is 21.1 Å². The van der Waals surface area contributed by atoms with Crippen LogP contribution in [0.15, 0.2) is 103 Å². The van der Waals surface area contributed by atoms with Crippen LogP contribution in [0.5, 0.6) is 11.5 Å². The average Bonchev–Trinajstić information content (AvgIpc) is 3.44. The van der Waals surface area contributed by atoms with E-state index in [1.807, 2.05) is 30.3 Å². The van der Waals surface area contributed by atoms with Crippen LogP contribution in [0, 0.1) is 5.41 Å². The number of anilines is 2. The summed E-state index contributed by atoms with van der Waals surface area (Å²) in [5.41, 5.74) is 7.45. The molecule has 5 N–H and O–H groups in total. The summed E-state index contributed by atoms with van der Waals surface area (Å²) in [7, 11) is 0. The number of aromatic nitrogens is 2. The third kappa shape index (κ3) is 7.19. The summed E-state index contributed by atoms with van der Waals surface area (Å²) in [6, 6.07) is 16.6. The van der Waals surface area contributed by atoms with Gasteiger partial charge in [0.1, 0.15) is 35.3 Å². The standard InChI is InChI=1S/C30H32N8O2/c1-3-8-25(33-2)34-17-7-11-26(39)38-18-16-22(19-38)37-30-27(29(32)35-20-36-30)28(31)21-12-14-24(15-13-21)40-23-9-5-4-6-10-23/h3-15,20,22,31,34H,1-2,16-19H2,(H3,32,35,36,37)/b11-7+,25-8+,31-28?. The number of nitrogens with two attached hydrogens (primary N) is 1. The fourth-order valence-electron chi connectivity index (χ4n) is 4.19. The lowest BCUT2D eigenvalue weighted by Gasteiger charge is -2.18. The molecule has 1 aliphatic rings. The summed E-state index contributed by atoms with van der Waals surface area (Å²) in [5.74, 6) is 2.55. The molecule has 2 aromatic carbocycles. The molecule has 1 amide bonds. The van der Waals surface area contributed by atoms with Crippen LogP contribution >= 0.6 is 0 Å². The van der Waals surface area contributed by atoms with E-state index in [9.17, 15) is 4.79 Å². The molecule has 1 aromatic heterocycles. The molecule has 3 aromatic rings. The van der Waals surface area contributed by atoms with Gasteiger partial charge in [-0.2, -0.15) is 0 Å². The number of ether oxygens (including phenoxy) is 1. The zero-order valence-corrected chi connectivity index (χ0v) is 22.1. The highest BCUT2D eigenvalue weighted by molar-refractivity contribution is 6.16. The summed E-state index contributed by atoms with van der Waals surface area (Å²) in [6.07, 6.45) is 8.69. The number of likely N-dealkylation sites (tertiary alicyclic amines) is 1. The molecule has 0 radical (unpaired) electrons. The zero-order valence-electron chi connectivity index (χ0n) is 22.1. The number of para-hydroxylation sites is 1. The Morgan fingerprint density at radius 3 is 2.65 bits per heavy atom. The Bertz CT molecular complexity index is 1420. The molecule has 1 fully saturated rings. The number of carbonyl (C=O) groups excluding carboxylic acids is 1. The normalized spacial score (nSPS) is 15.1. The van der Waals surface area contributed by atoms with Crippen molar-refractivity contribution < 1.29 is 9.53 Å². The largest absolute Gasteiger partial charge is 0.457 e. The minimum absolute atomic E-state index is 0.0509. The minimum atomic E-state index is -0.0834. The fourth-order valence-corrected chi connectivity index (χ4v) is 4.19. The van der Waals surface area contributed by atoms with Crippen molar-refractivity contribution in [2.45, 2.75) is 12.5 Å². The highest BCUT2D eigenvalue weighted by atomic mass is 16.5. The van der Waals surface area contributed by atoms with Crippen molar-refractivity contribution in [1.82, 2.24) is 20.2 Å². The number of hydrogen-bond acceptors (Lipinski definition) is 9. The molecular weight excluding hydrogens is 504 g/mol. The van der Waals surface area contributed by atoms with Gasteiger partial charge in [0, 0.05) is 37.3 Å². The first kappa shape index (κ1) is 27.8. The van der Waals surface area contributed by atoms with Gasteiger partial charge in [0.15, 0.2) is 0 Å². The number of amides is 1. The SMILES string of the molecule is C=C/C=C(\N=C)NC/C=C/C(=O)N1CCC(Nc2ncnc(N)c2C(=N)c2ccc(Oc3ccccc3)cc2)C1. The summed E-state index contributed by atoms with van der Waals surface area (Å²) in [6.45, 7) is 8.64. The first-order valence-corrected chi connectivity index (χ1v) is 12.8. The quantitative estimate of drug-likeness (QED) is 0.155. The van der Waals surface area contributed by atoms with Gasteiger partial charge in [-0.3, -0.25) is 10.2 Å². The fraction of sp³-hybridized carbons (Fsp3) is 0.167. The molecule has 0 aliphatic carbocycles. The van der Waals surface area contributed by atoms with E-state index in [4.69, 9.17) is 15.9 Å². The van der Waals surface area contributed by atoms with Crippen molar-refractivity contribution in [2.75, 3.05) is 30.7 Å². The molecule has 10 heteroatoms. The predicted octanol–water partition coefficient (Wildman–Crippen LogP) is 4.15. The van der Waals surface area contributed by atoms with Crippen molar-refractivity contribution in [3.8, 4) is 11.5 Å². The number of benzene rings is 2. The topological polar surface area (TPSA) is 142 Å². The number of allylic oxidation sites excluding steroid dienone is 2. The molecule has 4 rings (SSSR count). The highest BCUT2D eigenvalue weighted by Crippen LogP contribution is 2.26. The van der Waals surface area contributed by atoms with Crippen molar-refractivity contribution in [3.63, 3.8) is 0 Å². The number of nitrogens with zero attached hydrogens (tertiary/aromatic N) is 4. The summed E-state index contributed by atoms with van der Waals surface area (Å²) < 4.78 is 5.86. The van der Waals surface area contributed by atoms with Gasteiger partial charge >= 0.3 is 0 Å². The Kier molecular flexibility index (Phi) is 9.39. The lowest BCUT2D eigenvalue weighted by Crippen LogP contribution is -2.31. The molecule has 10 nitrogen and oxygen atoms in total. The van der Waals surface area contributed by atoms with Crippen LogP contribution in [0.1, 0.15) is 17.5 Å². The van der Waals surface area contributed by atoms with Gasteiger partial charge in [-0.1, -0.05) is 36.9 Å². The maximum atomic E-state index is 12.7. The van der Waals surface area contributed by atoms with Crippen LogP contribution in [0.2, 0.25) is 0 Å². The molecule has 1 aliphatic heterocycles. The second kappa shape index (κ2) is 13.5. The lowest BCUT2D eigenvalue weighted by molar-refractivity contribution is -0.125. The Morgan fingerprint density at radius 2 is 1.93 bits per heavy atom. The highest BCUT2D eigenvalue weighted by Gasteiger charge is 2.27. The second-order valence-electron chi connectivity index (χ2n) is 8.94. The third-order valence-electron chi connectivity index (χ3n) is 6.20. The minimum Gasteiger partial charge on any atom is -0.457 e. The van der Waals surface area contributed by atoms with Crippen LogP contribution in [0.25, 0.3) is 0 Å². The van der Waals surface area contributed by atoms with Crippen molar-refractivity contribution in [1.29, 1.82) is 5.41 Å². The van der Waals surface area contributed by atoms with Gasteiger partial charge < -0.3 is 26.0 Å².